The van der Waals surface area contributed by atoms with Crippen molar-refractivity contribution < 1.29 is 9.53 Å². The molecular weight excluding hydrogens is 252 g/mol. The second-order valence-corrected chi connectivity index (χ2v) is 6.87. The molecule has 0 aromatic carbocycles. The van der Waals surface area contributed by atoms with E-state index in [1.54, 1.807) is 0 Å². The van der Waals surface area contributed by atoms with Crippen LogP contribution in [0.5, 0.6) is 0 Å². The molecule has 4 nitrogen and oxygen atoms in total. The molecule has 1 amide bonds. The molecule has 1 aliphatic heterocycles. The van der Waals surface area contributed by atoms with E-state index in [4.69, 9.17) is 4.74 Å². The fourth-order valence-electron chi connectivity index (χ4n) is 3.11. The molecule has 1 unspecified atom stereocenters. The predicted molar refractivity (Wildman–Crippen MR) is 80.6 cm³/mol. The lowest BCUT2D eigenvalue weighted by molar-refractivity contribution is -0.123. The van der Waals surface area contributed by atoms with Gasteiger partial charge in [-0.15, -0.1) is 0 Å². The first-order valence-electron chi connectivity index (χ1n) is 8.21. The van der Waals surface area contributed by atoms with Crippen LogP contribution in [0.2, 0.25) is 0 Å². The third-order valence-corrected chi connectivity index (χ3v) is 4.88. The summed E-state index contributed by atoms with van der Waals surface area (Å²) in [5, 5.41) is 6.61. The van der Waals surface area contributed by atoms with Crippen molar-refractivity contribution in [1.29, 1.82) is 0 Å². The van der Waals surface area contributed by atoms with Gasteiger partial charge in [0.2, 0.25) is 5.91 Å². The first-order valence-corrected chi connectivity index (χ1v) is 8.21. The van der Waals surface area contributed by atoms with Gasteiger partial charge in [0.15, 0.2) is 0 Å². The maximum Gasteiger partial charge on any atom is 0.237 e. The Bertz CT molecular complexity index is 308. The summed E-state index contributed by atoms with van der Waals surface area (Å²) in [7, 11) is 0. The van der Waals surface area contributed by atoms with Crippen LogP contribution in [0.4, 0.5) is 0 Å². The maximum absolute atomic E-state index is 12.2. The Balaban J connectivity index is 1.70. The fourth-order valence-corrected chi connectivity index (χ4v) is 3.11. The van der Waals surface area contributed by atoms with E-state index in [1.807, 2.05) is 6.92 Å². The summed E-state index contributed by atoms with van der Waals surface area (Å²) in [5.41, 5.74) is 0.275. The van der Waals surface area contributed by atoms with E-state index < -0.39 is 0 Å². The second kappa shape index (κ2) is 7.41. The Labute approximate surface area is 123 Å². The smallest absolute Gasteiger partial charge is 0.237 e. The van der Waals surface area contributed by atoms with Crippen molar-refractivity contribution in [3.05, 3.63) is 0 Å². The summed E-state index contributed by atoms with van der Waals surface area (Å²) in [6.07, 6.45) is 8.28. The first kappa shape index (κ1) is 15.8. The summed E-state index contributed by atoms with van der Waals surface area (Å²) in [6, 6.07) is 0.302. The van der Waals surface area contributed by atoms with Gasteiger partial charge < -0.3 is 15.4 Å². The molecule has 0 aromatic heterocycles. The van der Waals surface area contributed by atoms with Crippen molar-refractivity contribution in [2.24, 2.45) is 5.41 Å². The molecule has 20 heavy (non-hydrogen) atoms. The molecule has 1 atom stereocenters. The summed E-state index contributed by atoms with van der Waals surface area (Å²) in [4.78, 5) is 12.2. The summed E-state index contributed by atoms with van der Waals surface area (Å²) < 4.78 is 5.41. The van der Waals surface area contributed by atoms with Crippen LogP contribution in [0.15, 0.2) is 0 Å². The number of carbonyl (C=O) groups is 1. The molecule has 0 spiro atoms. The van der Waals surface area contributed by atoms with E-state index in [2.05, 4.69) is 17.6 Å². The highest BCUT2D eigenvalue weighted by Gasteiger charge is 2.28. The minimum atomic E-state index is -0.100. The van der Waals surface area contributed by atoms with Crippen molar-refractivity contribution >= 4 is 5.91 Å². The lowest BCUT2D eigenvalue weighted by Gasteiger charge is -2.34. The number of nitrogens with one attached hydrogen (secondary N) is 2. The van der Waals surface area contributed by atoms with Crippen LogP contribution in [-0.4, -0.2) is 37.7 Å². The molecule has 116 valence electrons. The number of hydrogen-bond acceptors (Lipinski definition) is 3. The second-order valence-electron chi connectivity index (χ2n) is 6.87. The van der Waals surface area contributed by atoms with E-state index in [-0.39, 0.29) is 17.4 Å². The molecule has 2 aliphatic rings. The van der Waals surface area contributed by atoms with Crippen molar-refractivity contribution in [3.63, 3.8) is 0 Å². The molecule has 2 fully saturated rings. The molecule has 1 aliphatic carbocycles. The van der Waals surface area contributed by atoms with Gasteiger partial charge in [0.1, 0.15) is 0 Å². The highest BCUT2D eigenvalue weighted by atomic mass is 16.5. The number of amides is 1. The average Bonchev–Trinajstić information content (AvgIpc) is 2.46. The number of ether oxygens (including phenoxy) is 1. The maximum atomic E-state index is 12.2. The SMILES string of the molecule is CC(NCC1(C)CCOCC1)C(=O)NC1CCCCC1. The molecule has 0 aromatic rings. The largest absolute Gasteiger partial charge is 0.381 e. The van der Waals surface area contributed by atoms with E-state index >= 15 is 0 Å². The van der Waals surface area contributed by atoms with Crippen LogP contribution >= 0.6 is 0 Å². The number of hydrogen-bond donors (Lipinski definition) is 2. The summed E-state index contributed by atoms with van der Waals surface area (Å²) in [6.45, 7) is 6.85. The van der Waals surface area contributed by atoms with Crippen molar-refractivity contribution in [2.75, 3.05) is 19.8 Å². The molecule has 4 heteroatoms. The summed E-state index contributed by atoms with van der Waals surface area (Å²) >= 11 is 0. The van der Waals surface area contributed by atoms with Gasteiger partial charge in [-0.1, -0.05) is 26.2 Å². The zero-order valence-corrected chi connectivity index (χ0v) is 13.0. The van der Waals surface area contributed by atoms with Crippen LogP contribution in [0.25, 0.3) is 0 Å². The molecule has 2 N–H and O–H groups in total. The Morgan fingerprint density at radius 2 is 1.90 bits per heavy atom. The lowest BCUT2D eigenvalue weighted by atomic mass is 9.82. The summed E-state index contributed by atoms with van der Waals surface area (Å²) in [5.74, 6) is 0.160. The van der Waals surface area contributed by atoms with Crippen LogP contribution in [-0.2, 0) is 9.53 Å². The number of rotatable bonds is 5. The minimum Gasteiger partial charge on any atom is -0.381 e. The first-order chi connectivity index (χ1) is 9.59. The topological polar surface area (TPSA) is 50.4 Å². The van der Waals surface area contributed by atoms with Crippen LogP contribution in [0, 0.1) is 5.41 Å². The van der Waals surface area contributed by atoms with Crippen LogP contribution in [0.3, 0.4) is 0 Å². The molecule has 2 rings (SSSR count). The Kier molecular flexibility index (Phi) is 5.85. The normalized spacial score (nSPS) is 25.1. The van der Waals surface area contributed by atoms with Gasteiger partial charge in [-0.25, -0.2) is 0 Å². The van der Waals surface area contributed by atoms with Crippen LogP contribution < -0.4 is 10.6 Å². The van der Waals surface area contributed by atoms with Gasteiger partial charge in [0.25, 0.3) is 0 Å². The highest BCUT2D eigenvalue weighted by molar-refractivity contribution is 5.81. The molecule has 1 heterocycles. The zero-order chi connectivity index (χ0) is 14.4. The van der Waals surface area contributed by atoms with Gasteiger partial charge in [0.05, 0.1) is 6.04 Å². The van der Waals surface area contributed by atoms with Gasteiger partial charge in [-0.3, -0.25) is 4.79 Å². The molecule has 0 radical (unpaired) electrons. The molecule has 1 saturated carbocycles. The Morgan fingerprint density at radius 1 is 1.25 bits per heavy atom. The zero-order valence-electron chi connectivity index (χ0n) is 13.0. The van der Waals surface area contributed by atoms with Crippen molar-refractivity contribution in [2.45, 2.75) is 70.9 Å². The third kappa shape index (κ3) is 4.74. The molecule has 0 bridgehead atoms. The van der Waals surface area contributed by atoms with Gasteiger partial charge in [0, 0.05) is 25.8 Å². The van der Waals surface area contributed by atoms with E-state index in [1.165, 1.54) is 19.3 Å². The molecule has 1 saturated heterocycles. The van der Waals surface area contributed by atoms with E-state index in [9.17, 15) is 4.79 Å². The van der Waals surface area contributed by atoms with Gasteiger partial charge in [-0.2, -0.15) is 0 Å². The minimum absolute atomic E-state index is 0.100. The monoisotopic (exact) mass is 282 g/mol. The quantitative estimate of drug-likeness (QED) is 0.813. The van der Waals surface area contributed by atoms with E-state index in [0.29, 0.717) is 6.04 Å². The standard InChI is InChI=1S/C16H30N2O2/c1-13(15(19)18-14-6-4-3-5-7-14)17-12-16(2)8-10-20-11-9-16/h13-14,17H,3-12H2,1-2H3,(H,18,19). The van der Waals surface area contributed by atoms with Gasteiger partial charge in [-0.05, 0) is 38.0 Å². The van der Waals surface area contributed by atoms with Crippen LogP contribution in [0.1, 0.15) is 58.8 Å². The van der Waals surface area contributed by atoms with Crippen molar-refractivity contribution in [3.8, 4) is 0 Å². The Morgan fingerprint density at radius 3 is 2.55 bits per heavy atom. The number of carbonyl (C=O) groups excluding carboxylic acids is 1. The third-order valence-electron chi connectivity index (χ3n) is 4.88. The highest BCUT2D eigenvalue weighted by Crippen LogP contribution is 2.28. The Hall–Kier alpha value is -0.610. The molecular formula is C16H30N2O2. The predicted octanol–water partition coefficient (Wildman–Crippen LogP) is 2.23. The average molecular weight is 282 g/mol. The van der Waals surface area contributed by atoms with Crippen molar-refractivity contribution in [1.82, 2.24) is 10.6 Å². The van der Waals surface area contributed by atoms with Gasteiger partial charge >= 0.3 is 0 Å². The fraction of sp³-hybridized carbons (Fsp3) is 0.938. The van der Waals surface area contributed by atoms with E-state index in [0.717, 1.165) is 45.4 Å². The lowest BCUT2D eigenvalue weighted by Crippen LogP contribution is -2.49.